The van der Waals surface area contributed by atoms with Crippen molar-refractivity contribution in [2.24, 2.45) is 0 Å². The summed E-state index contributed by atoms with van der Waals surface area (Å²) < 4.78 is 27.3. The monoisotopic (exact) mass is 468 g/mol. The highest BCUT2D eigenvalue weighted by Gasteiger charge is 2.29. The maximum absolute atomic E-state index is 13.9. The summed E-state index contributed by atoms with van der Waals surface area (Å²) in [5.41, 5.74) is 2.15. The maximum atomic E-state index is 13.9. The zero-order valence-corrected chi connectivity index (χ0v) is 19.2. The smallest absolute Gasteiger partial charge is 0.242 e. The molecule has 3 aromatic carbocycles. The van der Waals surface area contributed by atoms with E-state index in [0.29, 0.717) is 23.3 Å². The van der Waals surface area contributed by atoms with Gasteiger partial charge in [0.15, 0.2) is 0 Å². The number of rotatable bonds is 10. The fourth-order valence-corrected chi connectivity index (χ4v) is 4.35. The van der Waals surface area contributed by atoms with Gasteiger partial charge in [0, 0.05) is 25.8 Å². The van der Waals surface area contributed by atoms with Crippen LogP contribution >= 0.6 is 11.8 Å². The van der Waals surface area contributed by atoms with Gasteiger partial charge in [-0.25, -0.2) is 8.78 Å². The Labute approximate surface area is 197 Å². The molecule has 0 radical (unpaired) electrons. The third kappa shape index (κ3) is 7.15. The molecule has 4 nitrogen and oxygen atoms in total. The van der Waals surface area contributed by atoms with E-state index in [1.807, 2.05) is 30.3 Å². The number of hydrogen-bond acceptors (Lipinski definition) is 3. The first-order chi connectivity index (χ1) is 16.0. The summed E-state index contributed by atoms with van der Waals surface area (Å²) in [4.78, 5) is 27.6. The number of nitrogens with zero attached hydrogens (tertiary/aromatic N) is 1. The molecule has 0 bridgehead atoms. The van der Waals surface area contributed by atoms with Gasteiger partial charge in [-0.1, -0.05) is 60.7 Å². The lowest BCUT2D eigenvalue weighted by molar-refractivity contribution is -0.139. The van der Waals surface area contributed by atoms with Gasteiger partial charge >= 0.3 is 0 Å². The SMILES string of the molecule is CNC(=O)[C@H](Cc1ccccc1)N(Cc1ccc(F)cc1)C(=O)CSCc1ccccc1F. The van der Waals surface area contributed by atoms with Crippen molar-refractivity contribution in [1.29, 1.82) is 0 Å². The number of amides is 2. The zero-order valence-electron chi connectivity index (χ0n) is 18.3. The molecule has 2 amide bonds. The number of benzene rings is 3. The van der Waals surface area contributed by atoms with E-state index >= 15 is 0 Å². The minimum atomic E-state index is -0.746. The van der Waals surface area contributed by atoms with Crippen LogP contribution in [0.5, 0.6) is 0 Å². The van der Waals surface area contributed by atoms with Crippen molar-refractivity contribution in [1.82, 2.24) is 10.2 Å². The Balaban J connectivity index is 1.80. The van der Waals surface area contributed by atoms with Crippen molar-refractivity contribution in [3.63, 3.8) is 0 Å². The summed E-state index contributed by atoms with van der Waals surface area (Å²) in [6, 6.07) is 21.0. The molecule has 3 aromatic rings. The number of likely N-dealkylation sites (N-methyl/N-ethyl adjacent to an activating group) is 1. The first-order valence-corrected chi connectivity index (χ1v) is 11.7. The van der Waals surface area contributed by atoms with Crippen LogP contribution in [0, 0.1) is 11.6 Å². The molecule has 0 heterocycles. The molecule has 0 saturated heterocycles. The van der Waals surface area contributed by atoms with Crippen molar-refractivity contribution in [3.05, 3.63) is 107 Å². The minimum absolute atomic E-state index is 0.0812. The number of thioether (sulfide) groups is 1. The van der Waals surface area contributed by atoms with Crippen LogP contribution < -0.4 is 5.32 Å². The van der Waals surface area contributed by atoms with Gasteiger partial charge in [0.2, 0.25) is 11.8 Å². The molecule has 0 aliphatic carbocycles. The van der Waals surface area contributed by atoms with Crippen LogP contribution in [0.1, 0.15) is 16.7 Å². The number of hydrogen-bond donors (Lipinski definition) is 1. The second-order valence-corrected chi connectivity index (χ2v) is 8.54. The Morgan fingerprint density at radius 3 is 2.24 bits per heavy atom. The molecule has 0 aromatic heterocycles. The molecular weight excluding hydrogens is 442 g/mol. The normalized spacial score (nSPS) is 11.6. The molecule has 0 unspecified atom stereocenters. The fraction of sp³-hybridized carbons (Fsp3) is 0.231. The molecule has 0 aliphatic heterocycles. The molecule has 0 aliphatic rings. The van der Waals surface area contributed by atoms with Gasteiger partial charge in [0.25, 0.3) is 0 Å². The fourth-order valence-electron chi connectivity index (χ4n) is 3.45. The van der Waals surface area contributed by atoms with E-state index in [-0.39, 0.29) is 35.7 Å². The van der Waals surface area contributed by atoms with Crippen LogP contribution in [-0.4, -0.2) is 35.6 Å². The van der Waals surface area contributed by atoms with E-state index in [0.717, 1.165) is 5.56 Å². The van der Waals surface area contributed by atoms with Gasteiger partial charge in [0.1, 0.15) is 17.7 Å². The molecule has 3 rings (SSSR count). The molecule has 0 fully saturated rings. The minimum Gasteiger partial charge on any atom is -0.357 e. The lowest BCUT2D eigenvalue weighted by atomic mass is 10.0. The average Bonchev–Trinajstić information content (AvgIpc) is 2.83. The molecule has 33 heavy (non-hydrogen) atoms. The Hall–Kier alpha value is -3.19. The molecule has 1 atom stereocenters. The Morgan fingerprint density at radius 1 is 0.909 bits per heavy atom. The summed E-state index contributed by atoms with van der Waals surface area (Å²) in [6.45, 7) is 0.157. The first-order valence-electron chi connectivity index (χ1n) is 10.6. The van der Waals surface area contributed by atoms with E-state index in [2.05, 4.69) is 5.32 Å². The van der Waals surface area contributed by atoms with Crippen molar-refractivity contribution >= 4 is 23.6 Å². The Morgan fingerprint density at radius 2 is 1.58 bits per heavy atom. The van der Waals surface area contributed by atoms with Gasteiger partial charge in [-0.3, -0.25) is 9.59 Å². The molecule has 172 valence electrons. The lowest BCUT2D eigenvalue weighted by Crippen LogP contribution is -2.50. The largest absolute Gasteiger partial charge is 0.357 e. The molecule has 0 saturated carbocycles. The van der Waals surface area contributed by atoms with E-state index in [4.69, 9.17) is 0 Å². The molecular formula is C26H26F2N2O2S. The van der Waals surface area contributed by atoms with Crippen LogP contribution in [-0.2, 0) is 28.3 Å². The van der Waals surface area contributed by atoms with Gasteiger partial charge in [-0.15, -0.1) is 11.8 Å². The summed E-state index contributed by atoms with van der Waals surface area (Å²) in [6.07, 6.45) is 0.339. The summed E-state index contributed by atoms with van der Waals surface area (Å²) in [5.74, 6) is -0.792. The third-order valence-electron chi connectivity index (χ3n) is 5.22. The average molecular weight is 469 g/mol. The van der Waals surface area contributed by atoms with E-state index < -0.39 is 6.04 Å². The molecule has 1 N–H and O–H groups in total. The van der Waals surface area contributed by atoms with Crippen molar-refractivity contribution in [2.45, 2.75) is 24.8 Å². The van der Waals surface area contributed by atoms with Crippen LogP contribution in [0.4, 0.5) is 8.78 Å². The number of halogens is 2. The summed E-state index contributed by atoms with van der Waals surface area (Å²) in [7, 11) is 1.54. The third-order valence-corrected chi connectivity index (χ3v) is 6.19. The van der Waals surface area contributed by atoms with Gasteiger partial charge < -0.3 is 10.2 Å². The van der Waals surface area contributed by atoms with Crippen molar-refractivity contribution in [3.8, 4) is 0 Å². The first kappa shape index (κ1) is 24.5. The zero-order chi connectivity index (χ0) is 23.6. The second kappa shape index (κ2) is 12.2. The van der Waals surface area contributed by atoms with Crippen molar-refractivity contribution in [2.75, 3.05) is 12.8 Å². The van der Waals surface area contributed by atoms with Gasteiger partial charge in [-0.05, 0) is 34.9 Å². The lowest BCUT2D eigenvalue weighted by Gasteiger charge is -2.31. The van der Waals surface area contributed by atoms with Crippen LogP contribution in [0.15, 0.2) is 78.9 Å². The predicted molar refractivity (Wildman–Crippen MR) is 128 cm³/mol. The van der Waals surface area contributed by atoms with E-state index in [1.54, 1.807) is 30.3 Å². The number of carbonyl (C=O) groups is 2. The highest BCUT2D eigenvalue weighted by atomic mass is 32.2. The van der Waals surface area contributed by atoms with Crippen LogP contribution in [0.25, 0.3) is 0 Å². The van der Waals surface area contributed by atoms with Gasteiger partial charge in [-0.2, -0.15) is 0 Å². The van der Waals surface area contributed by atoms with Crippen molar-refractivity contribution < 1.29 is 18.4 Å². The van der Waals surface area contributed by atoms with E-state index in [1.165, 1.54) is 41.9 Å². The van der Waals surface area contributed by atoms with Gasteiger partial charge in [0.05, 0.1) is 5.75 Å². The quantitative estimate of drug-likeness (QED) is 0.474. The standard InChI is InChI=1S/C26H26F2N2O2S/c1-29-26(32)24(15-19-7-3-2-4-8-19)30(16-20-11-13-22(27)14-12-20)25(31)18-33-17-21-9-5-6-10-23(21)28/h2-14,24H,15-18H2,1H3,(H,29,32)/t24-/m0/s1. The Bertz CT molecular complexity index is 1060. The molecule has 7 heteroatoms. The van der Waals surface area contributed by atoms with E-state index in [9.17, 15) is 18.4 Å². The summed E-state index contributed by atoms with van der Waals surface area (Å²) >= 11 is 1.29. The second-order valence-electron chi connectivity index (χ2n) is 7.55. The molecule has 0 spiro atoms. The topological polar surface area (TPSA) is 49.4 Å². The predicted octanol–water partition coefficient (Wildman–Crippen LogP) is 4.58. The number of carbonyl (C=O) groups excluding carboxylic acids is 2. The Kier molecular flexibility index (Phi) is 9.01. The highest BCUT2D eigenvalue weighted by Crippen LogP contribution is 2.19. The van der Waals surface area contributed by atoms with Crippen LogP contribution in [0.2, 0.25) is 0 Å². The summed E-state index contributed by atoms with van der Waals surface area (Å²) in [5, 5.41) is 2.66. The maximum Gasteiger partial charge on any atom is 0.242 e. The number of nitrogens with one attached hydrogen (secondary N) is 1. The highest BCUT2D eigenvalue weighted by molar-refractivity contribution is 7.99. The van der Waals surface area contributed by atoms with Crippen LogP contribution in [0.3, 0.4) is 0 Å².